The highest BCUT2D eigenvalue weighted by atomic mass is 19.4. The van der Waals surface area contributed by atoms with Gasteiger partial charge < -0.3 is 25.3 Å². The molecule has 3 N–H and O–H groups in total. The number of aryl methyl sites for hydroxylation is 1. The van der Waals surface area contributed by atoms with Crippen molar-refractivity contribution in [3.05, 3.63) is 41.3 Å². The Morgan fingerprint density at radius 2 is 1.85 bits per heavy atom. The molecule has 8 nitrogen and oxygen atoms in total. The van der Waals surface area contributed by atoms with Crippen LogP contribution >= 0.6 is 0 Å². The Morgan fingerprint density at radius 3 is 2.56 bits per heavy atom. The molecule has 0 bridgehead atoms. The highest BCUT2D eigenvalue weighted by molar-refractivity contribution is 5.91. The number of benzene rings is 1. The van der Waals surface area contributed by atoms with E-state index >= 15 is 0 Å². The van der Waals surface area contributed by atoms with Gasteiger partial charge in [0, 0.05) is 24.4 Å². The molecule has 0 amide bonds. The molecule has 3 aromatic rings. The smallest absolute Gasteiger partial charge is 0.433 e. The van der Waals surface area contributed by atoms with Crippen molar-refractivity contribution in [1.29, 1.82) is 0 Å². The number of aromatic nitrogens is 3. The fraction of sp³-hybridized carbons (Fsp3) is 0.435. The van der Waals surface area contributed by atoms with Crippen LogP contribution in [-0.4, -0.2) is 41.4 Å². The Labute approximate surface area is 194 Å². The number of nitrogens with two attached hydrogens (primary N) is 1. The van der Waals surface area contributed by atoms with Crippen molar-refractivity contribution in [1.82, 2.24) is 15.0 Å². The molecule has 1 aliphatic carbocycles. The second kappa shape index (κ2) is 9.88. The minimum absolute atomic E-state index is 0.0576. The fourth-order valence-corrected chi connectivity index (χ4v) is 3.43. The van der Waals surface area contributed by atoms with Crippen molar-refractivity contribution >= 4 is 22.5 Å². The summed E-state index contributed by atoms with van der Waals surface area (Å²) in [7, 11) is 1.55. The summed E-state index contributed by atoms with van der Waals surface area (Å²) >= 11 is 0. The number of nitrogens with zero attached hydrogens (tertiary/aromatic N) is 3. The number of nitrogen functional groups attached to an aromatic ring is 1. The predicted molar refractivity (Wildman–Crippen MR) is 121 cm³/mol. The van der Waals surface area contributed by atoms with Crippen molar-refractivity contribution in [2.75, 3.05) is 31.4 Å². The summed E-state index contributed by atoms with van der Waals surface area (Å²) < 4.78 is 56.3. The predicted octanol–water partition coefficient (Wildman–Crippen LogP) is 4.50. The lowest BCUT2D eigenvalue weighted by atomic mass is 10.2. The van der Waals surface area contributed by atoms with Gasteiger partial charge in [-0.05, 0) is 43.5 Å². The molecule has 2 aromatic heterocycles. The van der Waals surface area contributed by atoms with Crippen molar-refractivity contribution in [3.63, 3.8) is 0 Å². The lowest BCUT2D eigenvalue weighted by Crippen LogP contribution is -2.12. The SMILES string of the molecule is COc1cc2nc(C)nc(NCc3cc(N)nc(C(F)(F)F)c3)c2cc1OCCCOC1CC1. The van der Waals surface area contributed by atoms with Crippen LogP contribution in [0.25, 0.3) is 10.9 Å². The number of rotatable bonds is 10. The van der Waals surface area contributed by atoms with Crippen LogP contribution in [0.4, 0.5) is 24.8 Å². The summed E-state index contributed by atoms with van der Waals surface area (Å²) in [6, 6.07) is 5.86. The zero-order valence-corrected chi connectivity index (χ0v) is 18.9. The molecule has 0 radical (unpaired) electrons. The number of fused-ring (bicyclic) bond motifs is 1. The van der Waals surface area contributed by atoms with Crippen molar-refractivity contribution in [3.8, 4) is 11.5 Å². The van der Waals surface area contributed by atoms with Gasteiger partial charge in [0.15, 0.2) is 11.5 Å². The Bertz CT molecular complexity index is 1170. The average molecular weight is 477 g/mol. The van der Waals surface area contributed by atoms with E-state index in [9.17, 15) is 13.2 Å². The van der Waals surface area contributed by atoms with E-state index in [4.69, 9.17) is 19.9 Å². The fourth-order valence-electron chi connectivity index (χ4n) is 3.43. The van der Waals surface area contributed by atoms with Crippen LogP contribution in [0.2, 0.25) is 0 Å². The molecule has 0 aliphatic heterocycles. The molecular weight excluding hydrogens is 451 g/mol. The van der Waals surface area contributed by atoms with E-state index in [1.807, 2.05) is 0 Å². The van der Waals surface area contributed by atoms with Gasteiger partial charge in [-0.1, -0.05) is 0 Å². The minimum Gasteiger partial charge on any atom is -0.493 e. The zero-order valence-electron chi connectivity index (χ0n) is 18.9. The van der Waals surface area contributed by atoms with Crippen molar-refractivity contribution < 1.29 is 27.4 Å². The molecule has 4 rings (SSSR count). The van der Waals surface area contributed by atoms with Crippen LogP contribution in [0, 0.1) is 6.92 Å². The van der Waals surface area contributed by atoms with Crippen molar-refractivity contribution in [2.24, 2.45) is 0 Å². The summed E-state index contributed by atoms with van der Waals surface area (Å²) in [5.74, 6) is 1.78. The zero-order chi connectivity index (χ0) is 24.3. The van der Waals surface area contributed by atoms with Crippen LogP contribution in [0.3, 0.4) is 0 Å². The van der Waals surface area contributed by atoms with Gasteiger partial charge in [-0.2, -0.15) is 13.2 Å². The number of methoxy groups -OCH3 is 1. The molecule has 1 saturated carbocycles. The molecule has 0 atom stereocenters. The van der Waals surface area contributed by atoms with Gasteiger partial charge in [-0.15, -0.1) is 0 Å². The van der Waals surface area contributed by atoms with Gasteiger partial charge in [-0.25, -0.2) is 15.0 Å². The third-order valence-corrected chi connectivity index (χ3v) is 5.17. The first-order valence-corrected chi connectivity index (χ1v) is 10.9. The van der Waals surface area contributed by atoms with Gasteiger partial charge >= 0.3 is 6.18 Å². The first kappa shape index (κ1) is 23.8. The Kier molecular flexibility index (Phi) is 6.92. The third kappa shape index (κ3) is 5.96. The lowest BCUT2D eigenvalue weighted by molar-refractivity contribution is -0.141. The van der Waals surface area contributed by atoms with E-state index in [2.05, 4.69) is 20.3 Å². The minimum atomic E-state index is -4.59. The molecule has 1 aliphatic rings. The molecule has 0 saturated heterocycles. The first-order chi connectivity index (χ1) is 16.2. The van der Waals surface area contributed by atoms with E-state index in [0.717, 1.165) is 25.3 Å². The topological polar surface area (TPSA) is 104 Å². The average Bonchev–Trinajstić information content (AvgIpc) is 3.60. The number of nitrogens with one attached hydrogen (secondary N) is 1. The number of anilines is 2. The summed E-state index contributed by atoms with van der Waals surface area (Å²) in [6.07, 6.45) is -1.21. The third-order valence-electron chi connectivity index (χ3n) is 5.17. The molecule has 2 heterocycles. The Hall–Kier alpha value is -3.34. The van der Waals surface area contributed by atoms with Crippen LogP contribution in [-0.2, 0) is 17.5 Å². The van der Waals surface area contributed by atoms with E-state index in [1.165, 1.54) is 6.07 Å². The molecule has 1 fully saturated rings. The van der Waals surface area contributed by atoms with Crippen LogP contribution in [0.1, 0.15) is 36.3 Å². The summed E-state index contributed by atoms with van der Waals surface area (Å²) in [5.41, 5.74) is 5.47. The number of pyridine rings is 1. The first-order valence-electron chi connectivity index (χ1n) is 10.9. The standard InChI is InChI=1S/C23H26F3N5O3/c1-13-29-17-11-18(32-2)19(34-7-3-6-33-15-4-5-15)10-16(17)22(30-13)28-12-14-8-20(23(24,25)26)31-21(27)9-14/h8-11,15H,3-7,12H2,1-2H3,(H2,27,31)(H,28,29,30). The summed E-state index contributed by atoms with van der Waals surface area (Å²) in [4.78, 5) is 12.3. The number of hydrogen-bond acceptors (Lipinski definition) is 8. The quantitative estimate of drug-likeness (QED) is 0.411. The second-order valence-electron chi connectivity index (χ2n) is 8.05. The molecule has 34 heavy (non-hydrogen) atoms. The monoisotopic (exact) mass is 477 g/mol. The highest BCUT2D eigenvalue weighted by Gasteiger charge is 2.33. The van der Waals surface area contributed by atoms with E-state index in [1.54, 1.807) is 26.2 Å². The molecule has 0 spiro atoms. The molecule has 0 unspecified atom stereocenters. The van der Waals surface area contributed by atoms with Crippen LogP contribution in [0.15, 0.2) is 24.3 Å². The van der Waals surface area contributed by atoms with E-state index in [0.29, 0.717) is 58.9 Å². The summed E-state index contributed by atoms with van der Waals surface area (Å²) in [6.45, 7) is 2.86. The Balaban J connectivity index is 1.55. The van der Waals surface area contributed by atoms with E-state index in [-0.39, 0.29) is 12.4 Å². The maximum Gasteiger partial charge on any atom is 0.433 e. The number of alkyl halides is 3. The molecular formula is C23H26F3N5O3. The number of ether oxygens (including phenoxy) is 3. The van der Waals surface area contributed by atoms with Crippen molar-refractivity contribution in [2.45, 2.75) is 45.0 Å². The second-order valence-corrected chi connectivity index (χ2v) is 8.05. The molecule has 11 heteroatoms. The maximum absolute atomic E-state index is 13.1. The van der Waals surface area contributed by atoms with Gasteiger partial charge in [0.1, 0.15) is 23.2 Å². The summed E-state index contributed by atoms with van der Waals surface area (Å²) in [5, 5.41) is 3.74. The Morgan fingerprint density at radius 1 is 1.06 bits per heavy atom. The largest absolute Gasteiger partial charge is 0.493 e. The normalized spacial score (nSPS) is 13.8. The van der Waals surface area contributed by atoms with E-state index < -0.39 is 11.9 Å². The van der Waals surface area contributed by atoms with Gasteiger partial charge in [-0.3, -0.25) is 0 Å². The maximum atomic E-state index is 13.1. The van der Waals surface area contributed by atoms with Gasteiger partial charge in [0.2, 0.25) is 0 Å². The molecule has 182 valence electrons. The number of halogens is 3. The van der Waals surface area contributed by atoms with Gasteiger partial charge in [0.05, 0.1) is 31.9 Å². The van der Waals surface area contributed by atoms with Crippen LogP contribution < -0.4 is 20.5 Å². The van der Waals surface area contributed by atoms with Gasteiger partial charge in [0.25, 0.3) is 0 Å². The molecule has 1 aromatic carbocycles. The lowest BCUT2D eigenvalue weighted by Gasteiger charge is -2.15. The van der Waals surface area contributed by atoms with Crippen LogP contribution in [0.5, 0.6) is 11.5 Å². The highest BCUT2D eigenvalue weighted by Crippen LogP contribution is 2.35. The number of hydrogen-bond donors (Lipinski definition) is 2.